The maximum Gasteiger partial charge on any atom is 0.244 e. The van der Waals surface area contributed by atoms with Gasteiger partial charge >= 0.3 is 0 Å². The van der Waals surface area contributed by atoms with E-state index in [2.05, 4.69) is 15.5 Å². The van der Waals surface area contributed by atoms with Gasteiger partial charge in [0.15, 0.2) is 20.4 Å². The van der Waals surface area contributed by atoms with E-state index in [1.54, 1.807) is 42.0 Å². The minimum Gasteiger partial charge on any atom is -0.497 e. The number of rotatable bonds is 7. The number of anilines is 1. The number of nitrogens with zero attached hydrogens (tertiary/aromatic N) is 2. The molecule has 8 nitrogen and oxygen atoms in total. The van der Waals surface area contributed by atoms with Gasteiger partial charge in [-0.1, -0.05) is 18.9 Å². The van der Waals surface area contributed by atoms with E-state index in [1.807, 2.05) is 12.1 Å². The Kier molecular flexibility index (Phi) is 6.43. The zero-order valence-corrected chi connectivity index (χ0v) is 19.2. The van der Waals surface area contributed by atoms with Crippen molar-refractivity contribution in [1.82, 2.24) is 14.8 Å². The number of nitrogens with one attached hydrogen (secondary N) is 2. The fourth-order valence-electron chi connectivity index (χ4n) is 3.91. The Balaban J connectivity index is 1.51. The number of carbonyl (C=O) groups is 1. The maximum atomic E-state index is 12.9. The Bertz CT molecular complexity index is 1270. The van der Waals surface area contributed by atoms with E-state index in [9.17, 15) is 13.2 Å². The molecule has 3 aromatic rings. The smallest absolute Gasteiger partial charge is 0.244 e. The number of amides is 1. The van der Waals surface area contributed by atoms with Crippen LogP contribution in [0.4, 0.5) is 5.69 Å². The molecule has 0 bridgehead atoms. The molecule has 2 aromatic carbocycles. The molecule has 0 unspecified atom stereocenters. The topological polar surface area (TPSA) is 106 Å². The lowest BCUT2D eigenvalue weighted by Crippen LogP contribution is -2.20. The Hall–Kier alpha value is -2.98. The maximum absolute atomic E-state index is 12.9. The largest absolute Gasteiger partial charge is 0.497 e. The van der Waals surface area contributed by atoms with Crippen LogP contribution in [0.1, 0.15) is 25.7 Å². The summed E-state index contributed by atoms with van der Waals surface area (Å²) in [5.74, 6) is 0.887. The molecule has 10 heteroatoms. The zero-order valence-electron chi connectivity index (χ0n) is 17.6. The van der Waals surface area contributed by atoms with Gasteiger partial charge in [0, 0.05) is 11.3 Å². The molecule has 1 saturated carbocycles. The lowest BCUT2D eigenvalue weighted by Gasteiger charge is -2.13. The van der Waals surface area contributed by atoms with E-state index >= 15 is 0 Å². The van der Waals surface area contributed by atoms with Gasteiger partial charge in [-0.2, -0.15) is 5.10 Å². The van der Waals surface area contributed by atoms with Crippen LogP contribution in [0.15, 0.2) is 53.4 Å². The minimum atomic E-state index is -3.40. The SMILES string of the molecule is COc1ccc(-c2n[nH]c(=S)n2CC(=O)Nc2cccc(S(=O)(=O)C3CCCC3)c2)cc1. The van der Waals surface area contributed by atoms with E-state index in [-0.39, 0.29) is 22.6 Å². The number of benzene rings is 2. The lowest BCUT2D eigenvalue weighted by molar-refractivity contribution is -0.116. The highest BCUT2D eigenvalue weighted by molar-refractivity contribution is 7.92. The third-order valence-corrected chi connectivity index (χ3v) is 8.17. The van der Waals surface area contributed by atoms with Crippen LogP contribution in [-0.4, -0.2) is 41.4 Å². The molecule has 0 radical (unpaired) electrons. The molecular weight excluding hydrogens is 448 g/mol. The molecule has 168 valence electrons. The number of hydrogen-bond acceptors (Lipinski definition) is 6. The molecule has 2 N–H and O–H groups in total. The number of sulfone groups is 1. The van der Waals surface area contributed by atoms with E-state index in [0.717, 1.165) is 18.4 Å². The summed E-state index contributed by atoms with van der Waals surface area (Å²) in [4.78, 5) is 13.0. The van der Waals surface area contributed by atoms with Crippen LogP contribution in [0.5, 0.6) is 5.75 Å². The average molecular weight is 473 g/mol. The molecule has 1 heterocycles. The van der Waals surface area contributed by atoms with Crippen LogP contribution < -0.4 is 10.1 Å². The van der Waals surface area contributed by atoms with E-state index < -0.39 is 9.84 Å². The highest BCUT2D eigenvalue weighted by Crippen LogP contribution is 2.30. The first-order chi connectivity index (χ1) is 15.4. The van der Waals surface area contributed by atoms with Crippen LogP contribution in [0, 0.1) is 4.77 Å². The number of aromatic amines is 1. The predicted molar refractivity (Wildman–Crippen MR) is 124 cm³/mol. The van der Waals surface area contributed by atoms with Crippen molar-refractivity contribution in [2.75, 3.05) is 12.4 Å². The van der Waals surface area contributed by atoms with Crippen LogP contribution in [0.2, 0.25) is 0 Å². The van der Waals surface area contributed by atoms with Crippen molar-refractivity contribution >= 4 is 33.6 Å². The van der Waals surface area contributed by atoms with Gasteiger partial charge in [0.1, 0.15) is 12.3 Å². The van der Waals surface area contributed by atoms with Crippen molar-refractivity contribution in [1.29, 1.82) is 0 Å². The number of ether oxygens (including phenoxy) is 1. The highest BCUT2D eigenvalue weighted by Gasteiger charge is 2.30. The predicted octanol–water partition coefficient (Wildman–Crippen LogP) is 3.97. The molecule has 0 aliphatic heterocycles. The van der Waals surface area contributed by atoms with E-state index in [0.29, 0.717) is 34.9 Å². The van der Waals surface area contributed by atoms with Gasteiger partial charge in [0.2, 0.25) is 5.91 Å². The molecule has 0 saturated heterocycles. The van der Waals surface area contributed by atoms with Crippen molar-refractivity contribution < 1.29 is 17.9 Å². The van der Waals surface area contributed by atoms with Gasteiger partial charge in [-0.15, -0.1) is 0 Å². The number of carbonyl (C=O) groups excluding carboxylic acids is 1. The minimum absolute atomic E-state index is 0.0731. The molecule has 32 heavy (non-hydrogen) atoms. The number of hydrogen-bond donors (Lipinski definition) is 2. The zero-order chi connectivity index (χ0) is 22.7. The second kappa shape index (κ2) is 9.25. The molecule has 1 amide bonds. The molecule has 1 fully saturated rings. The summed E-state index contributed by atoms with van der Waals surface area (Å²) in [6.07, 6.45) is 3.24. The third-order valence-electron chi connectivity index (χ3n) is 5.60. The van der Waals surface area contributed by atoms with Crippen LogP contribution in [0.3, 0.4) is 0 Å². The second-order valence-corrected chi connectivity index (χ2v) is 10.3. The first-order valence-corrected chi connectivity index (χ1v) is 12.3. The van der Waals surface area contributed by atoms with Crippen LogP contribution >= 0.6 is 12.2 Å². The number of H-pyrrole nitrogens is 1. The highest BCUT2D eigenvalue weighted by atomic mass is 32.2. The molecule has 1 aromatic heterocycles. The Morgan fingerprint density at radius 1 is 1.22 bits per heavy atom. The summed E-state index contributed by atoms with van der Waals surface area (Å²) >= 11 is 5.30. The number of aromatic nitrogens is 3. The van der Waals surface area contributed by atoms with Crippen molar-refractivity contribution in [3.05, 3.63) is 53.3 Å². The van der Waals surface area contributed by atoms with Gasteiger partial charge < -0.3 is 10.1 Å². The molecule has 0 spiro atoms. The quantitative estimate of drug-likeness (QED) is 0.504. The van der Waals surface area contributed by atoms with Gasteiger partial charge in [0.05, 0.1) is 17.3 Å². The van der Waals surface area contributed by atoms with Gasteiger partial charge in [-0.3, -0.25) is 14.5 Å². The summed E-state index contributed by atoms with van der Waals surface area (Å²) in [6.45, 7) is -0.0731. The second-order valence-electron chi connectivity index (χ2n) is 7.69. The number of methoxy groups -OCH3 is 1. The summed E-state index contributed by atoms with van der Waals surface area (Å²) in [7, 11) is -1.81. The molecule has 1 aliphatic carbocycles. The first-order valence-electron chi connectivity index (χ1n) is 10.3. The normalized spacial score (nSPS) is 14.4. The standard InChI is InChI=1S/C22H24N4O4S2/c1-30-17-11-9-15(10-12-17)21-24-25-22(31)26(21)14-20(27)23-16-5-4-8-19(13-16)32(28,29)18-6-2-3-7-18/h4-5,8-13,18H,2-3,6-7,14H2,1H3,(H,23,27)(H,25,31). The molecular formula is C22H24N4O4S2. The lowest BCUT2D eigenvalue weighted by atomic mass is 10.2. The van der Waals surface area contributed by atoms with Crippen LogP contribution in [0.25, 0.3) is 11.4 Å². The summed E-state index contributed by atoms with van der Waals surface area (Å²) in [5.41, 5.74) is 1.20. The Morgan fingerprint density at radius 2 is 1.94 bits per heavy atom. The molecule has 4 rings (SSSR count). The Morgan fingerprint density at radius 3 is 2.62 bits per heavy atom. The van der Waals surface area contributed by atoms with Gasteiger partial charge in [-0.25, -0.2) is 8.42 Å². The van der Waals surface area contributed by atoms with E-state index in [4.69, 9.17) is 17.0 Å². The summed E-state index contributed by atoms with van der Waals surface area (Å²) in [5, 5.41) is 9.39. The molecule has 0 atom stereocenters. The summed E-state index contributed by atoms with van der Waals surface area (Å²) in [6, 6.07) is 13.7. The summed E-state index contributed by atoms with van der Waals surface area (Å²) < 4.78 is 32.8. The van der Waals surface area contributed by atoms with Crippen molar-refractivity contribution in [3.8, 4) is 17.1 Å². The van der Waals surface area contributed by atoms with Crippen molar-refractivity contribution in [2.45, 2.75) is 42.4 Å². The first kappa shape index (κ1) is 22.2. The Labute approximate surface area is 191 Å². The van der Waals surface area contributed by atoms with Crippen molar-refractivity contribution in [2.24, 2.45) is 0 Å². The van der Waals surface area contributed by atoms with Gasteiger partial charge in [-0.05, 0) is 67.5 Å². The van der Waals surface area contributed by atoms with Gasteiger partial charge in [0.25, 0.3) is 0 Å². The fourth-order valence-corrected chi connectivity index (χ4v) is 6.01. The van der Waals surface area contributed by atoms with Crippen molar-refractivity contribution in [3.63, 3.8) is 0 Å². The van der Waals surface area contributed by atoms with Crippen LogP contribution in [-0.2, 0) is 21.2 Å². The fraction of sp³-hybridized carbons (Fsp3) is 0.318. The molecule has 1 aliphatic rings. The monoisotopic (exact) mass is 472 g/mol. The van der Waals surface area contributed by atoms with E-state index in [1.165, 1.54) is 6.07 Å². The average Bonchev–Trinajstić information content (AvgIpc) is 3.45. The third kappa shape index (κ3) is 4.61.